The summed E-state index contributed by atoms with van der Waals surface area (Å²) < 4.78 is 11.0. The summed E-state index contributed by atoms with van der Waals surface area (Å²) in [6.07, 6.45) is 2.78. The smallest absolute Gasteiger partial charge is 0.251 e. The number of rotatable bonds is 10. The van der Waals surface area contributed by atoms with Gasteiger partial charge in [0, 0.05) is 12.0 Å². The molecule has 3 aromatic rings. The van der Waals surface area contributed by atoms with E-state index in [0.717, 1.165) is 52.8 Å². The highest BCUT2D eigenvalue weighted by Gasteiger charge is 2.50. The molecule has 1 atom stereocenters. The maximum atomic E-state index is 13.5. The summed E-state index contributed by atoms with van der Waals surface area (Å²) in [6, 6.07) is 19.2. The van der Waals surface area contributed by atoms with Crippen LogP contribution in [0.1, 0.15) is 60.2 Å². The summed E-state index contributed by atoms with van der Waals surface area (Å²) in [7, 11) is 0. The van der Waals surface area contributed by atoms with Crippen LogP contribution in [0.5, 0.6) is 11.5 Å². The third-order valence-electron chi connectivity index (χ3n) is 7.65. The number of ketones is 1. The third kappa shape index (κ3) is 5.32. The lowest BCUT2D eigenvalue weighted by atomic mass is 9.87. The fourth-order valence-electron chi connectivity index (χ4n) is 5.31. The number of benzene rings is 3. The maximum absolute atomic E-state index is 13.5. The van der Waals surface area contributed by atoms with Gasteiger partial charge in [0.25, 0.3) is 5.91 Å². The predicted octanol–water partition coefficient (Wildman–Crippen LogP) is 5.37. The van der Waals surface area contributed by atoms with Crippen LogP contribution in [-0.4, -0.2) is 36.2 Å². The van der Waals surface area contributed by atoms with Crippen molar-refractivity contribution in [1.82, 2.24) is 5.32 Å². The molecule has 6 heteroatoms. The van der Waals surface area contributed by atoms with E-state index in [1.807, 2.05) is 55.5 Å². The van der Waals surface area contributed by atoms with Crippen LogP contribution in [0, 0.1) is 12.8 Å². The summed E-state index contributed by atoms with van der Waals surface area (Å²) >= 11 is 0. The molecule has 5 rings (SSSR count). The molecule has 0 spiro atoms. The van der Waals surface area contributed by atoms with Crippen molar-refractivity contribution in [3.63, 3.8) is 0 Å². The van der Waals surface area contributed by atoms with Crippen molar-refractivity contribution in [2.24, 2.45) is 5.92 Å². The fraction of sp³-hybridized carbons (Fsp3) is 0.375. The van der Waals surface area contributed by atoms with Crippen molar-refractivity contribution >= 4 is 11.7 Å². The van der Waals surface area contributed by atoms with Gasteiger partial charge in [-0.15, -0.1) is 0 Å². The van der Waals surface area contributed by atoms with Gasteiger partial charge in [0.05, 0.1) is 18.1 Å². The first-order valence-corrected chi connectivity index (χ1v) is 13.3. The molecule has 1 heterocycles. The molecule has 0 unspecified atom stereocenters. The second-order valence-electron chi connectivity index (χ2n) is 11.0. The van der Waals surface area contributed by atoms with Gasteiger partial charge in [-0.1, -0.05) is 50.2 Å². The molecular formula is C32H35NO5. The molecule has 0 bridgehead atoms. The van der Waals surface area contributed by atoms with Crippen LogP contribution in [-0.2, 0) is 16.6 Å². The average Bonchev–Trinajstić information content (AvgIpc) is 3.59. The number of aryl methyl sites for hydroxylation is 1. The number of fused-ring (bicyclic) bond motifs is 1. The minimum atomic E-state index is -0.441. The van der Waals surface area contributed by atoms with Crippen molar-refractivity contribution in [2.45, 2.75) is 57.9 Å². The number of hydrogen-bond acceptors (Lipinski definition) is 5. The summed E-state index contributed by atoms with van der Waals surface area (Å²) in [4.78, 5) is 26.2. The van der Waals surface area contributed by atoms with E-state index in [1.165, 1.54) is 0 Å². The number of ether oxygens (including phenoxy) is 2. The molecule has 6 nitrogen and oxygen atoms in total. The highest BCUT2D eigenvalue weighted by atomic mass is 16.7. The molecule has 0 radical (unpaired) electrons. The molecule has 1 aliphatic heterocycles. The van der Waals surface area contributed by atoms with E-state index in [2.05, 4.69) is 31.3 Å². The largest absolute Gasteiger partial charge is 0.454 e. The minimum absolute atomic E-state index is 0.0807. The van der Waals surface area contributed by atoms with E-state index in [0.29, 0.717) is 23.7 Å². The predicted molar refractivity (Wildman–Crippen MR) is 147 cm³/mol. The zero-order chi connectivity index (χ0) is 26.9. The summed E-state index contributed by atoms with van der Waals surface area (Å²) in [5, 5.41) is 12.5. The van der Waals surface area contributed by atoms with E-state index in [9.17, 15) is 14.7 Å². The van der Waals surface area contributed by atoms with Gasteiger partial charge in [-0.05, 0) is 84.2 Å². The quantitative estimate of drug-likeness (QED) is 0.381. The first-order valence-electron chi connectivity index (χ1n) is 13.3. The van der Waals surface area contributed by atoms with E-state index in [-0.39, 0.29) is 31.1 Å². The normalized spacial score (nSPS) is 15.8. The lowest BCUT2D eigenvalue weighted by Gasteiger charge is -2.18. The van der Waals surface area contributed by atoms with Crippen molar-refractivity contribution in [3.8, 4) is 22.6 Å². The van der Waals surface area contributed by atoms with Crippen LogP contribution < -0.4 is 14.8 Å². The van der Waals surface area contributed by atoms with E-state index in [1.54, 1.807) is 0 Å². The topological polar surface area (TPSA) is 84.9 Å². The third-order valence-corrected chi connectivity index (χ3v) is 7.65. The van der Waals surface area contributed by atoms with Crippen LogP contribution in [0.15, 0.2) is 60.7 Å². The van der Waals surface area contributed by atoms with E-state index >= 15 is 0 Å². The zero-order valence-corrected chi connectivity index (χ0v) is 22.3. The molecule has 3 aromatic carbocycles. The highest BCUT2D eigenvalue weighted by molar-refractivity contribution is 5.96. The molecule has 0 aromatic heterocycles. The first kappa shape index (κ1) is 26.0. The second-order valence-corrected chi connectivity index (χ2v) is 11.0. The van der Waals surface area contributed by atoms with Crippen LogP contribution in [0.3, 0.4) is 0 Å². The van der Waals surface area contributed by atoms with Crippen molar-refractivity contribution < 1.29 is 24.2 Å². The fourth-order valence-corrected chi connectivity index (χ4v) is 5.31. The Bertz CT molecular complexity index is 1340. The van der Waals surface area contributed by atoms with Crippen molar-refractivity contribution in [2.75, 3.05) is 13.4 Å². The molecule has 2 aliphatic rings. The molecule has 1 fully saturated rings. The van der Waals surface area contributed by atoms with Crippen LogP contribution in [0.25, 0.3) is 11.1 Å². The molecule has 38 heavy (non-hydrogen) atoms. The van der Waals surface area contributed by atoms with Gasteiger partial charge in [-0.25, -0.2) is 0 Å². The van der Waals surface area contributed by atoms with Gasteiger partial charge < -0.3 is 19.9 Å². The van der Waals surface area contributed by atoms with E-state index < -0.39 is 5.41 Å². The molecule has 0 saturated heterocycles. The minimum Gasteiger partial charge on any atom is -0.454 e. The number of carbonyl (C=O) groups excluding carboxylic acids is 2. The molecule has 1 aliphatic carbocycles. The van der Waals surface area contributed by atoms with Gasteiger partial charge >= 0.3 is 0 Å². The summed E-state index contributed by atoms with van der Waals surface area (Å²) in [5.74, 6) is 1.85. The number of Topliss-reactive ketones (excluding diaryl/α,β-unsaturated/α-hetero) is 1. The lowest BCUT2D eigenvalue weighted by Crippen LogP contribution is -2.38. The van der Waals surface area contributed by atoms with Gasteiger partial charge in [0.15, 0.2) is 11.5 Å². The number of hydrogen-bond donors (Lipinski definition) is 2. The maximum Gasteiger partial charge on any atom is 0.251 e. The zero-order valence-electron chi connectivity index (χ0n) is 22.3. The second kappa shape index (κ2) is 10.6. The Morgan fingerprint density at radius 2 is 1.71 bits per heavy atom. The van der Waals surface area contributed by atoms with Gasteiger partial charge in [0.2, 0.25) is 6.79 Å². The Morgan fingerprint density at radius 3 is 2.39 bits per heavy atom. The van der Waals surface area contributed by atoms with Crippen LogP contribution in [0.2, 0.25) is 0 Å². The molecular weight excluding hydrogens is 478 g/mol. The number of nitrogens with one attached hydrogen (secondary N) is 1. The van der Waals surface area contributed by atoms with E-state index in [4.69, 9.17) is 9.47 Å². The van der Waals surface area contributed by atoms with Gasteiger partial charge in [-0.3, -0.25) is 9.59 Å². The van der Waals surface area contributed by atoms with Crippen molar-refractivity contribution in [1.29, 1.82) is 0 Å². The average molecular weight is 514 g/mol. The Balaban J connectivity index is 1.30. The number of aliphatic hydroxyl groups is 1. The Hall–Kier alpha value is -3.64. The standard InChI is InChI=1S/C32H35NO5/c1-20(2)14-26(18-34)33-31(36)24-8-6-23(7-9-24)27-15-22(5-4-21(27)3)16-30(35)32(12-13-32)25-10-11-28-29(17-25)38-19-37-28/h4-11,15,17,20,26,34H,12-14,16,18-19H2,1-3H3,(H,33,36)/t26-/m1/s1. The number of carbonyl (C=O) groups is 2. The Kier molecular flexibility index (Phi) is 7.26. The summed E-state index contributed by atoms with van der Waals surface area (Å²) in [5.41, 5.74) is 5.23. The molecule has 1 saturated carbocycles. The summed E-state index contributed by atoms with van der Waals surface area (Å²) in [6.45, 7) is 6.32. The van der Waals surface area contributed by atoms with Crippen LogP contribution >= 0.6 is 0 Å². The molecule has 198 valence electrons. The lowest BCUT2D eigenvalue weighted by molar-refractivity contribution is -0.120. The molecule has 2 N–H and O–H groups in total. The van der Waals surface area contributed by atoms with Gasteiger partial charge in [-0.2, -0.15) is 0 Å². The number of amides is 1. The molecule has 1 amide bonds. The Morgan fingerprint density at radius 1 is 0.974 bits per heavy atom. The SMILES string of the molecule is Cc1ccc(CC(=O)C2(c3ccc4c(c3)OCO4)CC2)cc1-c1ccc(C(=O)N[C@@H](CO)CC(C)C)cc1. The number of aliphatic hydroxyl groups excluding tert-OH is 1. The highest BCUT2D eigenvalue weighted by Crippen LogP contribution is 2.51. The monoisotopic (exact) mass is 513 g/mol. The van der Waals surface area contributed by atoms with Crippen molar-refractivity contribution in [3.05, 3.63) is 82.9 Å². The Labute approximate surface area is 224 Å². The first-order chi connectivity index (χ1) is 18.3. The van der Waals surface area contributed by atoms with Crippen LogP contribution in [0.4, 0.5) is 0 Å². The van der Waals surface area contributed by atoms with Gasteiger partial charge in [0.1, 0.15) is 5.78 Å².